The Balaban J connectivity index is 1.47. The second-order valence-corrected chi connectivity index (χ2v) is 7.65. The molecule has 9 nitrogen and oxygen atoms in total. The van der Waals surface area contributed by atoms with Crippen molar-refractivity contribution in [1.82, 2.24) is 5.01 Å². The zero-order valence-corrected chi connectivity index (χ0v) is 17.8. The third-order valence-corrected chi connectivity index (χ3v) is 5.32. The zero-order valence-electron chi connectivity index (χ0n) is 16.3. The van der Waals surface area contributed by atoms with Gasteiger partial charge in [-0.15, -0.1) is 0 Å². The van der Waals surface area contributed by atoms with Crippen molar-refractivity contribution in [2.24, 2.45) is 10.3 Å². The van der Waals surface area contributed by atoms with E-state index in [9.17, 15) is 14.4 Å². The molecule has 1 N–H and O–H groups in total. The summed E-state index contributed by atoms with van der Waals surface area (Å²) in [7, 11) is 0. The highest BCUT2D eigenvalue weighted by Crippen LogP contribution is 2.32. The van der Waals surface area contributed by atoms with Crippen molar-refractivity contribution in [2.45, 2.75) is 19.0 Å². The van der Waals surface area contributed by atoms with Gasteiger partial charge in [0.05, 0.1) is 23.0 Å². The van der Waals surface area contributed by atoms with E-state index in [0.29, 0.717) is 28.8 Å². The van der Waals surface area contributed by atoms with Crippen LogP contribution in [0.3, 0.4) is 0 Å². The number of imide groups is 1. The number of fused-ring (bicyclic) bond motifs is 1. The number of amides is 3. The van der Waals surface area contributed by atoms with Crippen LogP contribution in [0.2, 0.25) is 10.0 Å². The van der Waals surface area contributed by atoms with Crippen molar-refractivity contribution in [1.29, 1.82) is 0 Å². The van der Waals surface area contributed by atoms with Gasteiger partial charge in [-0.05, 0) is 49.4 Å². The minimum absolute atomic E-state index is 0.274. The lowest BCUT2D eigenvalue weighted by Crippen LogP contribution is -2.43. The summed E-state index contributed by atoms with van der Waals surface area (Å²) in [6.07, 6.45) is 0. The van der Waals surface area contributed by atoms with Gasteiger partial charge in [-0.25, -0.2) is 4.90 Å². The molecule has 4 rings (SSSR count). The molecule has 0 spiro atoms. The van der Waals surface area contributed by atoms with Gasteiger partial charge in [0.15, 0.2) is 12.1 Å². The van der Waals surface area contributed by atoms with Crippen LogP contribution in [0.1, 0.15) is 6.92 Å². The Hall–Kier alpha value is -3.17. The summed E-state index contributed by atoms with van der Waals surface area (Å²) in [5.74, 6) is -0.832. The van der Waals surface area contributed by atoms with Crippen molar-refractivity contribution in [3.63, 3.8) is 0 Å². The van der Waals surface area contributed by atoms with Gasteiger partial charge >= 0.3 is 0 Å². The van der Waals surface area contributed by atoms with E-state index in [1.165, 1.54) is 11.1 Å². The van der Waals surface area contributed by atoms with Gasteiger partial charge in [0.1, 0.15) is 12.3 Å². The van der Waals surface area contributed by atoms with E-state index in [2.05, 4.69) is 15.7 Å². The molecule has 0 aromatic heterocycles. The molecule has 31 heavy (non-hydrogen) atoms. The summed E-state index contributed by atoms with van der Waals surface area (Å²) < 4.78 is 5.38. The molecule has 160 valence electrons. The van der Waals surface area contributed by atoms with E-state index >= 15 is 0 Å². The van der Waals surface area contributed by atoms with Crippen LogP contribution >= 0.6 is 23.2 Å². The minimum atomic E-state index is -0.994. The SMILES string of the molecule is CCOc1ccc(N2C(=O)[C@@H]3[C@@H](N=NN3CC(=O)Nc3ccc(Cl)cc3Cl)C2=O)cc1. The van der Waals surface area contributed by atoms with Crippen molar-refractivity contribution in [3.8, 4) is 5.75 Å². The number of ether oxygens (including phenoxy) is 1. The van der Waals surface area contributed by atoms with Crippen LogP contribution in [0.15, 0.2) is 52.8 Å². The molecule has 2 aliphatic heterocycles. The van der Waals surface area contributed by atoms with E-state index < -0.39 is 29.8 Å². The average molecular weight is 462 g/mol. The van der Waals surface area contributed by atoms with Crippen LogP contribution in [0.25, 0.3) is 0 Å². The highest BCUT2D eigenvalue weighted by atomic mass is 35.5. The molecule has 1 saturated heterocycles. The number of hydrogen-bond acceptors (Lipinski definition) is 7. The van der Waals surface area contributed by atoms with Crippen LogP contribution in [0, 0.1) is 0 Å². The van der Waals surface area contributed by atoms with Gasteiger partial charge in [-0.2, -0.15) is 5.11 Å². The molecule has 2 aromatic carbocycles. The average Bonchev–Trinajstić information content (AvgIpc) is 3.25. The quantitative estimate of drug-likeness (QED) is 0.664. The highest BCUT2D eigenvalue weighted by Gasteiger charge is 2.55. The van der Waals surface area contributed by atoms with Crippen LogP contribution in [-0.2, 0) is 14.4 Å². The van der Waals surface area contributed by atoms with Gasteiger partial charge in [0.2, 0.25) is 5.91 Å². The largest absolute Gasteiger partial charge is 0.494 e. The number of hydrogen-bond donors (Lipinski definition) is 1. The third kappa shape index (κ3) is 4.06. The summed E-state index contributed by atoms with van der Waals surface area (Å²) >= 11 is 11.9. The van der Waals surface area contributed by atoms with Gasteiger partial charge in [-0.1, -0.05) is 28.4 Å². The van der Waals surface area contributed by atoms with E-state index in [-0.39, 0.29) is 11.6 Å². The van der Waals surface area contributed by atoms with Crippen LogP contribution in [0.5, 0.6) is 5.75 Å². The molecule has 2 atom stereocenters. The lowest BCUT2D eigenvalue weighted by atomic mass is 10.1. The minimum Gasteiger partial charge on any atom is -0.494 e. The van der Waals surface area contributed by atoms with E-state index in [0.717, 1.165) is 4.90 Å². The number of nitrogens with zero attached hydrogens (tertiary/aromatic N) is 4. The number of carbonyl (C=O) groups is 3. The summed E-state index contributed by atoms with van der Waals surface area (Å²) in [5, 5.41) is 12.3. The fraction of sp³-hybridized carbons (Fsp3) is 0.250. The third-order valence-electron chi connectivity index (χ3n) is 4.77. The van der Waals surface area contributed by atoms with E-state index in [1.54, 1.807) is 36.4 Å². The smallest absolute Gasteiger partial charge is 0.263 e. The molecule has 2 aliphatic rings. The second-order valence-electron chi connectivity index (χ2n) is 6.80. The van der Waals surface area contributed by atoms with Crippen LogP contribution in [-0.4, -0.2) is 48.0 Å². The van der Waals surface area contributed by atoms with Crippen molar-refractivity contribution in [2.75, 3.05) is 23.4 Å². The van der Waals surface area contributed by atoms with Crippen molar-refractivity contribution < 1.29 is 19.1 Å². The Morgan fingerprint density at radius 1 is 1.13 bits per heavy atom. The highest BCUT2D eigenvalue weighted by molar-refractivity contribution is 6.36. The molecule has 0 unspecified atom stereocenters. The second kappa shape index (κ2) is 8.52. The Kier molecular flexibility index (Phi) is 5.79. The van der Waals surface area contributed by atoms with Crippen LogP contribution < -0.4 is 15.0 Å². The standard InChI is InChI=1S/C20H17Cl2N5O4/c1-2-31-13-6-4-12(5-7-13)27-19(29)17-18(20(27)30)26(25-24-17)10-16(28)23-15-8-3-11(21)9-14(15)22/h3-9,17-18H,2,10H2,1H3,(H,23,28)/t17-,18+/m1/s1. The van der Waals surface area contributed by atoms with Crippen molar-refractivity contribution in [3.05, 3.63) is 52.5 Å². The summed E-state index contributed by atoms with van der Waals surface area (Å²) in [6, 6.07) is 9.27. The summed E-state index contributed by atoms with van der Waals surface area (Å²) in [5.41, 5.74) is 0.772. The lowest BCUT2D eigenvalue weighted by Gasteiger charge is -2.20. The molecule has 3 amide bonds. The molecule has 0 radical (unpaired) electrons. The molecule has 2 heterocycles. The van der Waals surface area contributed by atoms with Crippen molar-refractivity contribution >= 4 is 52.3 Å². The Labute approximate surface area is 187 Å². The Morgan fingerprint density at radius 2 is 1.87 bits per heavy atom. The number of anilines is 2. The van der Waals surface area contributed by atoms with Crippen LogP contribution in [0.4, 0.5) is 11.4 Å². The predicted octanol–water partition coefficient (Wildman–Crippen LogP) is 3.32. The normalized spacial score (nSPS) is 19.7. The molecule has 2 aromatic rings. The van der Waals surface area contributed by atoms with E-state index in [4.69, 9.17) is 27.9 Å². The molecular formula is C20H17Cl2N5O4. The molecular weight excluding hydrogens is 445 g/mol. The van der Waals surface area contributed by atoms with Gasteiger partial charge in [-0.3, -0.25) is 19.4 Å². The maximum absolute atomic E-state index is 13.0. The zero-order chi connectivity index (χ0) is 22.1. The van der Waals surface area contributed by atoms with Gasteiger partial charge in [0.25, 0.3) is 11.8 Å². The number of halogens is 2. The first-order chi connectivity index (χ1) is 14.9. The first-order valence-electron chi connectivity index (χ1n) is 9.42. The monoisotopic (exact) mass is 461 g/mol. The summed E-state index contributed by atoms with van der Waals surface area (Å²) in [4.78, 5) is 39.3. The van der Waals surface area contributed by atoms with E-state index in [1.807, 2.05) is 6.92 Å². The molecule has 11 heteroatoms. The maximum Gasteiger partial charge on any atom is 0.263 e. The van der Waals surface area contributed by atoms with Gasteiger partial charge in [0, 0.05) is 5.02 Å². The predicted molar refractivity (Wildman–Crippen MR) is 114 cm³/mol. The molecule has 1 fully saturated rings. The summed E-state index contributed by atoms with van der Waals surface area (Å²) in [6.45, 7) is 2.09. The Bertz CT molecular complexity index is 1080. The number of benzene rings is 2. The fourth-order valence-electron chi connectivity index (χ4n) is 3.39. The fourth-order valence-corrected chi connectivity index (χ4v) is 3.85. The topological polar surface area (TPSA) is 104 Å². The number of rotatable bonds is 6. The first-order valence-corrected chi connectivity index (χ1v) is 10.2. The first kappa shape index (κ1) is 21.1. The number of carbonyl (C=O) groups excluding carboxylic acids is 3. The molecule has 0 saturated carbocycles. The maximum atomic E-state index is 13.0. The molecule has 0 aliphatic carbocycles. The van der Waals surface area contributed by atoms with Gasteiger partial charge < -0.3 is 10.1 Å². The Morgan fingerprint density at radius 3 is 2.55 bits per heavy atom. The lowest BCUT2D eigenvalue weighted by molar-refractivity contribution is -0.123. The molecule has 0 bridgehead atoms. The number of nitrogens with one attached hydrogen (secondary N) is 1.